The van der Waals surface area contributed by atoms with Crippen molar-refractivity contribution in [2.75, 3.05) is 19.0 Å². The smallest absolute Gasteiger partial charge is 0.351 e. The molecule has 0 aliphatic heterocycles. The summed E-state index contributed by atoms with van der Waals surface area (Å²) in [5, 5.41) is 3.85. The number of benzene rings is 3. The molecule has 0 saturated heterocycles. The summed E-state index contributed by atoms with van der Waals surface area (Å²) in [6.07, 6.45) is 0. The zero-order valence-electron chi connectivity index (χ0n) is 17.9. The van der Waals surface area contributed by atoms with Crippen molar-refractivity contribution in [2.24, 2.45) is 0 Å². The van der Waals surface area contributed by atoms with Crippen molar-refractivity contribution >= 4 is 51.9 Å². The van der Waals surface area contributed by atoms with Gasteiger partial charge in [0.2, 0.25) is 0 Å². The predicted octanol–water partition coefficient (Wildman–Crippen LogP) is 5.40. The van der Waals surface area contributed by atoms with Crippen molar-refractivity contribution in [3.8, 4) is 5.75 Å². The Morgan fingerprint density at radius 3 is 2.56 bits per heavy atom. The Bertz CT molecular complexity index is 1420. The molecule has 0 aliphatic carbocycles. The normalized spacial score (nSPS) is 10.6. The lowest BCUT2D eigenvalue weighted by molar-refractivity contribution is -0.119. The lowest BCUT2D eigenvalue weighted by Crippen LogP contribution is -2.23. The second kappa shape index (κ2) is 10.5. The summed E-state index contributed by atoms with van der Waals surface area (Å²) in [6.45, 7) is -0.575. The van der Waals surface area contributed by atoms with Crippen molar-refractivity contribution in [2.45, 2.75) is 9.79 Å². The van der Waals surface area contributed by atoms with Crippen LogP contribution in [0.2, 0.25) is 5.02 Å². The highest BCUT2D eigenvalue weighted by Gasteiger charge is 2.18. The number of carbonyl (C=O) groups excluding carboxylic acids is 2. The molecule has 0 aliphatic rings. The molecule has 7 nitrogen and oxygen atoms in total. The second-order valence-corrected chi connectivity index (χ2v) is 8.55. The van der Waals surface area contributed by atoms with Gasteiger partial charge in [0.1, 0.15) is 5.56 Å². The largest absolute Gasteiger partial charge is 0.493 e. The Labute approximate surface area is 203 Å². The zero-order chi connectivity index (χ0) is 24.1. The van der Waals surface area contributed by atoms with Crippen LogP contribution in [0.15, 0.2) is 91.8 Å². The Kier molecular flexibility index (Phi) is 7.20. The number of esters is 1. The van der Waals surface area contributed by atoms with Crippen LogP contribution >= 0.6 is 23.4 Å². The topological polar surface area (TPSA) is 94.8 Å². The fourth-order valence-corrected chi connectivity index (χ4v) is 4.13. The summed E-state index contributed by atoms with van der Waals surface area (Å²) in [5.74, 6) is -1.15. The zero-order valence-corrected chi connectivity index (χ0v) is 19.4. The minimum atomic E-state index is -0.961. The molecule has 0 fully saturated rings. The summed E-state index contributed by atoms with van der Waals surface area (Å²) < 4.78 is 15.4. The molecule has 0 spiro atoms. The third kappa shape index (κ3) is 5.41. The summed E-state index contributed by atoms with van der Waals surface area (Å²) in [6, 6.07) is 20.9. The monoisotopic (exact) mass is 495 g/mol. The minimum Gasteiger partial charge on any atom is -0.493 e. The molecule has 4 aromatic rings. The molecular weight excluding hydrogens is 478 g/mol. The van der Waals surface area contributed by atoms with Gasteiger partial charge < -0.3 is 19.2 Å². The highest BCUT2D eigenvalue weighted by molar-refractivity contribution is 7.99. The molecule has 0 saturated carbocycles. The minimum absolute atomic E-state index is 0.221. The van der Waals surface area contributed by atoms with E-state index in [2.05, 4.69) is 5.32 Å². The van der Waals surface area contributed by atoms with Gasteiger partial charge >= 0.3 is 11.6 Å². The van der Waals surface area contributed by atoms with Gasteiger partial charge in [-0.15, -0.1) is 0 Å². The third-order valence-electron chi connectivity index (χ3n) is 4.70. The third-order valence-corrected chi connectivity index (χ3v) is 6.04. The van der Waals surface area contributed by atoms with E-state index in [1.165, 1.54) is 24.9 Å². The van der Waals surface area contributed by atoms with Gasteiger partial charge in [-0.1, -0.05) is 47.6 Å². The molecular formula is C25H18ClNO6S. The first-order valence-corrected chi connectivity index (χ1v) is 11.2. The summed E-state index contributed by atoms with van der Waals surface area (Å²) in [5.41, 5.74) is -0.417. The van der Waals surface area contributed by atoms with Crippen LogP contribution in [-0.2, 0) is 9.53 Å². The Hall–Kier alpha value is -3.75. The van der Waals surface area contributed by atoms with E-state index in [-0.39, 0.29) is 11.1 Å². The molecule has 0 radical (unpaired) electrons. The molecule has 0 unspecified atom stereocenters. The van der Waals surface area contributed by atoms with E-state index < -0.39 is 24.1 Å². The first-order chi connectivity index (χ1) is 16.4. The van der Waals surface area contributed by atoms with Gasteiger partial charge in [0.25, 0.3) is 5.91 Å². The molecule has 1 amide bonds. The Balaban J connectivity index is 1.43. The van der Waals surface area contributed by atoms with Gasteiger partial charge in [-0.05, 0) is 48.5 Å². The molecule has 3 aromatic carbocycles. The lowest BCUT2D eigenvalue weighted by Gasteiger charge is -2.11. The number of amides is 1. The van der Waals surface area contributed by atoms with Gasteiger partial charge in [-0.25, -0.2) is 9.59 Å². The maximum atomic E-state index is 12.4. The number of halogens is 1. The van der Waals surface area contributed by atoms with Crippen molar-refractivity contribution in [1.82, 2.24) is 0 Å². The molecule has 1 N–H and O–H groups in total. The van der Waals surface area contributed by atoms with E-state index >= 15 is 0 Å². The number of para-hydroxylation sites is 2. The summed E-state index contributed by atoms with van der Waals surface area (Å²) in [7, 11) is 1.45. The highest BCUT2D eigenvalue weighted by Crippen LogP contribution is 2.34. The molecule has 9 heteroatoms. The Morgan fingerprint density at radius 2 is 1.79 bits per heavy atom. The average Bonchev–Trinajstić information content (AvgIpc) is 2.84. The van der Waals surface area contributed by atoms with Gasteiger partial charge in [0.05, 0.1) is 12.8 Å². The van der Waals surface area contributed by atoms with Crippen LogP contribution in [0.3, 0.4) is 0 Å². The molecule has 4 rings (SSSR count). The number of hydrogen-bond acceptors (Lipinski definition) is 7. The van der Waals surface area contributed by atoms with E-state index in [0.717, 1.165) is 9.79 Å². The number of rotatable bonds is 7. The van der Waals surface area contributed by atoms with Gasteiger partial charge in [-0.2, -0.15) is 0 Å². The SMILES string of the molecule is COc1cccc2cc(C(=O)OCC(=O)Nc3ccccc3Sc3ccc(Cl)cc3)c(=O)oc12. The van der Waals surface area contributed by atoms with E-state index in [1.807, 2.05) is 24.3 Å². The molecule has 0 atom stereocenters. The van der Waals surface area contributed by atoms with Gasteiger partial charge in [0, 0.05) is 20.2 Å². The Morgan fingerprint density at radius 1 is 1.03 bits per heavy atom. The van der Waals surface area contributed by atoms with Crippen LogP contribution in [0.5, 0.6) is 5.75 Å². The van der Waals surface area contributed by atoms with Crippen LogP contribution in [0.25, 0.3) is 11.0 Å². The average molecular weight is 496 g/mol. The summed E-state index contributed by atoms with van der Waals surface area (Å²) in [4.78, 5) is 38.9. The van der Waals surface area contributed by atoms with E-state index in [4.69, 9.17) is 25.5 Å². The molecule has 172 valence electrons. The number of anilines is 1. The van der Waals surface area contributed by atoms with Gasteiger partial charge in [-0.3, -0.25) is 4.79 Å². The first kappa shape index (κ1) is 23.4. The van der Waals surface area contributed by atoms with Crippen molar-refractivity contribution in [3.05, 3.63) is 93.8 Å². The number of fused-ring (bicyclic) bond motifs is 1. The molecule has 34 heavy (non-hydrogen) atoms. The van der Waals surface area contributed by atoms with Crippen molar-refractivity contribution in [3.63, 3.8) is 0 Å². The fourth-order valence-electron chi connectivity index (χ4n) is 3.10. The van der Waals surface area contributed by atoms with Crippen molar-refractivity contribution < 1.29 is 23.5 Å². The number of methoxy groups -OCH3 is 1. The van der Waals surface area contributed by atoms with E-state index in [1.54, 1.807) is 42.5 Å². The molecule has 0 bridgehead atoms. The fraction of sp³-hybridized carbons (Fsp3) is 0.0800. The van der Waals surface area contributed by atoms with Crippen LogP contribution in [0.1, 0.15) is 10.4 Å². The standard InChI is InChI=1S/C25H18ClNO6S/c1-31-20-7-4-5-15-13-18(25(30)33-23(15)20)24(29)32-14-22(28)27-19-6-2-3-8-21(19)34-17-11-9-16(26)10-12-17/h2-13H,14H2,1H3,(H,27,28). The van der Waals surface area contributed by atoms with Gasteiger partial charge in [0.15, 0.2) is 17.9 Å². The second-order valence-electron chi connectivity index (χ2n) is 7.00. The summed E-state index contributed by atoms with van der Waals surface area (Å²) >= 11 is 7.38. The van der Waals surface area contributed by atoms with Crippen LogP contribution in [0.4, 0.5) is 5.69 Å². The van der Waals surface area contributed by atoms with Crippen LogP contribution in [-0.4, -0.2) is 25.6 Å². The highest BCUT2D eigenvalue weighted by atomic mass is 35.5. The lowest BCUT2D eigenvalue weighted by atomic mass is 10.2. The predicted molar refractivity (Wildman–Crippen MR) is 130 cm³/mol. The molecule has 1 heterocycles. The van der Waals surface area contributed by atoms with E-state index in [0.29, 0.717) is 21.8 Å². The quantitative estimate of drug-likeness (QED) is 0.271. The number of ether oxygens (including phenoxy) is 2. The van der Waals surface area contributed by atoms with Crippen LogP contribution < -0.4 is 15.7 Å². The van der Waals surface area contributed by atoms with Crippen molar-refractivity contribution in [1.29, 1.82) is 0 Å². The number of carbonyl (C=O) groups is 2. The maximum absolute atomic E-state index is 12.4. The first-order valence-electron chi connectivity index (χ1n) is 10.0. The van der Waals surface area contributed by atoms with E-state index in [9.17, 15) is 14.4 Å². The van der Waals surface area contributed by atoms with Crippen LogP contribution in [0, 0.1) is 0 Å². The maximum Gasteiger partial charge on any atom is 0.351 e. The number of hydrogen-bond donors (Lipinski definition) is 1. The number of nitrogens with one attached hydrogen (secondary N) is 1. The molecule has 1 aromatic heterocycles.